The zero-order chi connectivity index (χ0) is 16.7. The van der Waals surface area contributed by atoms with Crippen LogP contribution in [0.5, 0.6) is 5.88 Å². The Morgan fingerprint density at radius 3 is 3.04 bits per heavy atom. The first kappa shape index (κ1) is 14.8. The van der Waals surface area contributed by atoms with E-state index in [2.05, 4.69) is 35.3 Å². The van der Waals surface area contributed by atoms with Crippen LogP contribution in [0.15, 0.2) is 18.5 Å². The van der Waals surface area contributed by atoms with E-state index in [0.29, 0.717) is 29.3 Å². The van der Waals surface area contributed by atoms with Crippen molar-refractivity contribution in [2.24, 2.45) is 5.92 Å². The standard InChI is InChI=1S/C13H13F2N7O2/c14-13(15)24-11-2-9(20-21-11)18-10-4-16-7-3-17-22(12(7)19-10)5-6-1-8(6)23/h2-4,6,8,13,23H,1,5H2,(H2,18,19,20,21)/t6-,8+/m1/s1. The van der Waals surface area contributed by atoms with Crippen molar-refractivity contribution < 1.29 is 18.6 Å². The summed E-state index contributed by atoms with van der Waals surface area (Å²) in [7, 11) is 0. The minimum absolute atomic E-state index is 0.188. The molecule has 24 heavy (non-hydrogen) atoms. The highest BCUT2D eigenvalue weighted by molar-refractivity contribution is 5.71. The monoisotopic (exact) mass is 337 g/mol. The Morgan fingerprint density at radius 2 is 2.29 bits per heavy atom. The van der Waals surface area contributed by atoms with Crippen LogP contribution in [0.4, 0.5) is 20.4 Å². The van der Waals surface area contributed by atoms with E-state index in [9.17, 15) is 13.9 Å². The summed E-state index contributed by atoms with van der Waals surface area (Å²) in [5, 5.41) is 22.7. The van der Waals surface area contributed by atoms with Gasteiger partial charge in [-0.2, -0.15) is 13.9 Å². The number of ether oxygens (including phenoxy) is 1. The van der Waals surface area contributed by atoms with E-state index in [1.807, 2.05) is 0 Å². The zero-order valence-corrected chi connectivity index (χ0v) is 12.2. The van der Waals surface area contributed by atoms with E-state index in [0.717, 1.165) is 6.42 Å². The van der Waals surface area contributed by atoms with Gasteiger partial charge in [0.25, 0.3) is 0 Å². The van der Waals surface area contributed by atoms with E-state index < -0.39 is 6.61 Å². The molecule has 0 radical (unpaired) electrons. The molecule has 1 fully saturated rings. The van der Waals surface area contributed by atoms with Crippen molar-refractivity contribution in [1.29, 1.82) is 0 Å². The molecule has 4 rings (SSSR count). The normalized spacial score (nSPS) is 19.8. The Morgan fingerprint density at radius 1 is 1.46 bits per heavy atom. The largest absolute Gasteiger partial charge is 0.415 e. The molecular formula is C13H13F2N7O2. The number of hydrogen-bond acceptors (Lipinski definition) is 7. The summed E-state index contributed by atoms with van der Waals surface area (Å²) in [6, 6.07) is 1.29. The van der Waals surface area contributed by atoms with Gasteiger partial charge in [0.2, 0.25) is 5.88 Å². The van der Waals surface area contributed by atoms with Gasteiger partial charge in [-0.05, 0) is 6.42 Å². The van der Waals surface area contributed by atoms with Crippen LogP contribution < -0.4 is 10.1 Å². The van der Waals surface area contributed by atoms with Gasteiger partial charge in [-0.3, -0.25) is 5.10 Å². The van der Waals surface area contributed by atoms with Gasteiger partial charge in [0.15, 0.2) is 11.5 Å². The fourth-order valence-electron chi connectivity index (χ4n) is 2.35. The number of fused-ring (bicyclic) bond motifs is 1. The molecule has 9 nitrogen and oxygen atoms in total. The van der Waals surface area contributed by atoms with Crippen molar-refractivity contribution in [3.05, 3.63) is 18.5 Å². The number of alkyl halides is 2. The van der Waals surface area contributed by atoms with Gasteiger partial charge in [-0.15, -0.1) is 5.10 Å². The lowest BCUT2D eigenvalue weighted by molar-refractivity contribution is -0.0528. The van der Waals surface area contributed by atoms with Crippen LogP contribution in [0.2, 0.25) is 0 Å². The molecule has 0 spiro atoms. The second-order valence-corrected chi connectivity index (χ2v) is 5.48. The highest BCUT2D eigenvalue weighted by Crippen LogP contribution is 2.32. The average molecular weight is 337 g/mol. The van der Waals surface area contributed by atoms with Crippen LogP contribution in [0.3, 0.4) is 0 Å². The van der Waals surface area contributed by atoms with Crippen LogP contribution >= 0.6 is 0 Å². The minimum atomic E-state index is -2.94. The summed E-state index contributed by atoms with van der Waals surface area (Å²) in [5.74, 6) is 0.693. The molecule has 0 unspecified atom stereocenters. The van der Waals surface area contributed by atoms with Gasteiger partial charge < -0.3 is 15.2 Å². The molecule has 11 heteroatoms. The Kier molecular flexibility index (Phi) is 3.49. The van der Waals surface area contributed by atoms with Crippen molar-refractivity contribution in [3.63, 3.8) is 0 Å². The third-order valence-electron chi connectivity index (χ3n) is 3.66. The third-order valence-corrected chi connectivity index (χ3v) is 3.66. The molecule has 1 aliphatic rings. The smallest absolute Gasteiger partial charge is 0.388 e. The number of nitrogens with zero attached hydrogens (tertiary/aromatic N) is 5. The molecule has 2 atom stereocenters. The Balaban J connectivity index is 1.53. The van der Waals surface area contributed by atoms with Crippen molar-refractivity contribution in [2.75, 3.05) is 5.32 Å². The number of aliphatic hydroxyl groups excluding tert-OH is 1. The number of anilines is 2. The molecule has 0 aromatic carbocycles. The van der Waals surface area contributed by atoms with E-state index >= 15 is 0 Å². The molecule has 1 saturated carbocycles. The maximum absolute atomic E-state index is 12.1. The van der Waals surface area contributed by atoms with Crippen molar-refractivity contribution in [2.45, 2.75) is 25.7 Å². The molecule has 0 bridgehead atoms. The Labute approximate surface area is 133 Å². The fraction of sp³-hybridized carbons (Fsp3) is 0.385. The molecule has 3 aromatic rings. The van der Waals surface area contributed by atoms with Gasteiger partial charge in [-0.1, -0.05) is 0 Å². The van der Waals surface area contributed by atoms with Crippen molar-refractivity contribution in [3.8, 4) is 5.88 Å². The summed E-state index contributed by atoms with van der Waals surface area (Å²) < 4.78 is 30.1. The maximum Gasteiger partial charge on any atom is 0.388 e. The summed E-state index contributed by atoms with van der Waals surface area (Å²) >= 11 is 0. The number of aromatic amines is 1. The molecule has 3 heterocycles. The maximum atomic E-state index is 12.1. The Hall–Kier alpha value is -2.82. The van der Waals surface area contributed by atoms with Crippen LogP contribution in [0.1, 0.15) is 6.42 Å². The number of rotatable bonds is 6. The first-order valence-corrected chi connectivity index (χ1v) is 7.22. The second-order valence-electron chi connectivity index (χ2n) is 5.48. The van der Waals surface area contributed by atoms with Crippen molar-refractivity contribution >= 4 is 22.8 Å². The highest BCUT2D eigenvalue weighted by Gasteiger charge is 2.36. The topological polar surface area (TPSA) is 114 Å². The molecule has 0 aliphatic heterocycles. The summed E-state index contributed by atoms with van der Waals surface area (Å²) in [4.78, 5) is 8.66. The lowest BCUT2D eigenvalue weighted by atomic mass is 10.4. The minimum Gasteiger partial charge on any atom is -0.415 e. The van der Waals surface area contributed by atoms with Crippen LogP contribution in [-0.4, -0.2) is 47.8 Å². The number of halogens is 2. The predicted molar refractivity (Wildman–Crippen MR) is 77.9 cm³/mol. The van der Waals surface area contributed by atoms with E-state index in [4.69, 9.17) is 0 Å². The number of H-pyrrole nitrogens is 1. The third kappa shape index (κ3) is 2.97. The van der Waals surface area contributed by atoms with Gasteiger partial charge in [0, 0.05) is 18.5 Å². The summed E-state index contributed by atoms with van der Waals surface area (Å²) in [6.07, 6.45) is 3.57. The SMILES string of the molecule is O[C@H]1C[C@@H]1Cn1ncc2ncc(Nc3cc(OC(F)F)n[nH]3)nc21. The molecular weight excluding hydrogens is 324 g/mol. The quantitative estimate of drug-likeness (QED) is 0.621. The number of hydrogen-bond donors (Lipinski definition) is 3. The molecule has 126 valence electrons. The number of aromatic nitrogens is 6. The summed E-state index contributed by atoms with van der Waals surface area (Å²) in [6.45, 7) is -2.37. The van der Waals surface area contributed by atoms with E-state index in [1.54, 1.807) is 10.9 Å². The molecule has 3 aromatic heterocycles. The molecule has 0 saturated heterocycles. The first-order valence-electron chi connectivity index (χ1n) is 7.22. The van der Waals surface area contributed by atoms with E-state index in [1.165, 1.54) is 12.3 Å². The van der Waals surface area contributed by atoms with E-state index in [-0.39, 0.29) is 17.9 Å². The molecule has 3 N–H and O–H groups in total. The van der Waals surface area contributed by atoms with Gasteiger partial charge >= 0.3 is 6.61 Å². The predicted octanol–water partition coefficient (Wildman–Crippen LogP) is 1.28. The molecule has 1 aliphatic carbocycles. The number of aliphatic hydroxyl groups is 1. The highest BCUT2D eigenvalue weighted by atomic mass is 19.3. The fourth-order valence-corrected chi connectivity index (χ4v) is 2.35. The first-order chi connectivity index (χ1) is 11.6. The van der Waals surface area contributed by atoms with Gasteiger partial charge in [-0.25, -0.2) is 14.6 Å². The Bertz CT molecular complexity index is 865. The van der Waals surface area contributed by atoms with Crippen molar-refractivity contribution in [1.82, 2.24) is 29.9 Å². The lowest BCUT2D eigenvalue weighted by Crippen LogP contribution is -2.06. The van der Waals surface area contributed by atoms with Gasteiger partial charge in [0.05, 0.1) is 18.5 Å². The van der Waals surface area contributed by atoms with Crippen LogP contribution in [-0.2, 0) is 6.54 Å². The lowest BCUT2D eigenvalue weighted by Gasteiger charge is -2.04. The number of nitrogens with one attached hydrogen (secondary N) is 2. The van der Waals surface area contributed by atoms with Crippen LogP contribution in [0, 0.1) is 5.92 Å². The second kappa shape index (κ2) is 5.67. The molecule has 0 amide bonds. The summed E-state index contributed by atoms with van der Waals surface area (Å²) in [5.41, 5.74) is 1.20. The van der Waals surface area contributed by atoms with Gasteiger partial charge in [0.1, 0.15) is 11.3 Å². The zero-order valence-electron chi connectivity index (χ0n) is 12.2. The van der Waals surface area contributed by atoms with Crippen LogP contribution in [0.25, 0.3) is 11.2 Å². The average Bonchev–Trinajstić information content (AvgIpc) is 2.92.